The molecule has 5 rings (SSSR count). The standard InChI is InChI=1S/C56H68N4O16/c1-9-13-73-45-33-17-35-23-42(50(62)58-30(6)54(67)68)25-37(46(35)74-14-10-2)19-39-27-44(52(64)60-32(8)56(71)72)28-40(48(39)76-16-12-4)20-38-26-43(51(63)59-31(7)55(69)70)24-36(47(38)75-15-11-3)18-34(45)22-41(21-33)49(61)57-29(5)53(65)66/h21-32H,9-20H2,1-8H3,(H,57,61)(H,58,62)(H,59,63)(H,60,64)(H,65,66)(H,67,68)(H,69,70)(H,71,72)/p-4/t29-,30-,31-,32-/m0/s1. The molecule has 20 heteroatoms. The number of benzene rings is 4. The number of carboxylic acid groups (broad SMARTS) is 4. The second-order valence-electron chi connectivity index (χ2n) is 18.7. The van der Waals surface area contributed by atoms with E-state index >= 15 is 0 Å². The van der Waals surface area contributed by atoms with Crippen molar-refractivity contribution in [2.45, 2.75) is 131 Å². The molecule has 1 aliphatic carbocycles. The van der Waals surface area contributed by atoms with Crippen LogP contribution in [0.3, 0.4) is 0 Å². The Balaban J connectivity index is 2.04. The summed E-state index contributed by atoms with van der Waals surface area (Å²) >= 11 is 0. The summed E-state index contributed by atoms with van der Waals surface area (Å²) in [6.07, 6.45) is 1.47. The molecule has 76 heavy (non-hydrogen) atoms. The SMILES string of the molecule is CCCOc1c2cc(C(=O)N[C@@H](C)C(=O)[O-])cc1Cc1cc(C(=O)N[C@@H](C)C(=O)[O-])cc(c1OCCC)Cc1cc(C(=O)N[C@@H](C)C(=O)[O-])cc(c1OCCC)Cc1cc(C(=O)N[C@@H](C)C(=O)[O-])cc(c1OCCC)C2. The van der Waals surface area contributed by atoms with Gasteiger partial charge < -0.3 is 79.8 Å². The number of carbonyl (C=O) groups excluding carboxylic acids is 8. The Labute approximate surface area is 440 Å². The fourth-order valence-corrected chi connectivity index (χ4v) is 8.33. The lowest BCUT2D eigenvalue weighted by atomic mass is 9.88. The third-order valence-electron chi connectivity index (χ3n) is 12.2. The highest BCUT2D eigenvalue weighted by atomic mass is 16.5. The zero-order valence-corrected chi connectivity index (χ0v) is 43.9. The van der Waals surface area contributed by atoms with Crippen LogP contribution < -0.4 is 60.6 Å². The molecule has 0 fully saturated rings. The molecule has 0 aromatic heterocycles. The first-order valence-electron chi connectivity index (χ1n) is 25.3. The molecule has 8 bridgehead atoms. The summed E-state index contributed by atoms with van der Waals surface area (Å²) in [4.78, 5) is 104. The molecule has 0 unspecified atom stereocenters. The average molecular weight is 1050 g/mol. The summed E-state index contributed by atoms with van der Waals surface area (Å²) in [5, 5.41) is 57.5. The summed E-state index contributed by atoms with van der Waals surface area (Å²) in [5.74, 6) is -8.32. The number of ether oxygens (including phenoxy) is 4. The summed E-state index contributed by atoms with van der Waals surface area (Å²) < 4.78 is 26.3. The summed E-state index contributed by atoms with van der Waals surface area (Å²) in [5.41, 5.74) is 2.71. The summed E-state index contributed by atoms with van der Waals surface area (Å²) in [7, 11) is 0. The highest BCUT2D eigenvalue weighted by Gasteiger charge is 2.28. The number of amides is 4. The fraction of sp³-hybridized carbons (Fsp3) is 0.429. The number of carbonyl (C=O) groups is 8. The van der Waals surface area contributed by atoms with Crippen LogP contribution in [0.2, 0.25) is 0 Å². The van der Waals surface area contributed by atoms with Gasteiger partial charge in [0, 0.05) is 47.9 Å². The van der Waals surface area contributed by atoms with Gasteiger partial charge in [-0.2, -0.15) is 0 Å². The molecular formula is C56H64N4O16-4. The van der Waals surface area contributed by atoms with E-state index in [4.69, 9.17) is 18.9 Å². The largest absolute Gasteiger partial charge is 0.548 e. The van der Waals surface area contributed by atoms with Crippen molar-refractivity contribution in [1.29, 1.82) is 0 Å². The Morgan fingerprint density at radius 2 is 0.513 bits per heavy atom. The van der Waals surface area contributed by atoms with E-state index in [0.717, 1.165) is 0 Å². The molecule has 0 heterocycles. The van der Waals surface area contributed by atoms with E-state index in [1.54, 1.807) is 0 Å². The second kappa shape index (κ2) is 26.9. The molecule has 0 saturated carbocycles. The molecule has 0 spiro atoms. The molecule has 4 atom stereocenters. The van der Waals surface area contributed by atoms with Gasteiger partial charge in [-0.25, -0.2) is 0 Å². The van der Waals surface area contributed by atoms with Crippen molar-refractivity contribution in [3.63, 3.8) is 0 Å². The van der Waals surface area contributed by atoms with E-state index in [2.05, 4.69) is 21.3 Å². The third-order valence-corrected chi connectivity index (χ3v) is 12.2. The van der Waals surface area contributed by atoms with Crippen LogP contribution >= 0.6 is 0 Å². The number of hydrogen-bond donors (Lipinski definition) is 4. The molecule has 0 radical (unpaired) electrons. The van der Waals surface area contributed by atoms with Crippen molar-refractivity contribution >= 4 is 47.5 Å². The van der Waals surface area contributed by atoms with Gasteiger partial charge >= 0.3 is 0 Å². The van der Waals surface area contributed by atoms with Gasteiger partial charge in [0.15, 0.2) is 0 Å². The predicted molar refractivity (Wildman–Crippen MR) is 268 cm³/mol. The maximum Gasteiger partial charge on any atom is 0.251 e. The molecule has 4 N–H and O–H groups in total. The van der Waals surface area contributed by atoms with Crippen LogP contribution in [-0.4, -0.2) is 98.1 Å². The number of carboxylic acids is 4. The van der Waals surface area contributed by atoms with Gasteiger partial charge in [0.05, 0.1) is 74.5 Å². The van der Waals surface area contributed by atoms with Crippen molar-refractivity contribution < 1.29 is 77.7 Å². The van der Waals surface area contributed by atoms with Crippen molar-refractivity contribution in [2.24, 2.45) is 0 Å². The Hall–Kier alpha value is -8.16. The minimum Gasteiger partial charge on any atom is -0.548 e. The normalized spacial score (nSPS) is 13.4. The maximum absolute atomic E-state index is 14.2. The van der Waals surface area contributed by atoms with Crippen LogP contribution in [0.1, 0.15) is 167 Å². The highest BCUT2D eigenvalue weighted by Crippen LogP contribution is 2.41. The smallest absolute Gasteiger partial charge is 0.251 e. The van der Waals surface area contributed by atoms with Gasteiger partial charge in [-0.1, -0.05) is 27.7 Å². The highest BCUT2D eigenvalue weighted by molar-refractivity contribution is 6.00. The molecular weight excluding hydrogens is 985 g/mol. The molecule has 4 amide bonds. The minimum atomic E-state index is -1.55. The van der Waals surface area contributed by atoms with Crippen LogP contribution in [0.25, 0.3) is 0 Å². The average Bonchev–Trinajstić information content (AvgIpc) is 3.36. The van der Waals surface area contributed by atoms with E-state index in [0.29, 0.717) is 70.2 Å². The van der Waals surface area contributed by atoms with Gasteiger partial charge in [-0.05, 0) is 146 Å². The zero-order valence-electron chi connectivity index (χ0n) is 43.9. The van der Waals surface area contributed by atoms with E-state index < -0.39 is 71.7 Å². The quantitative estimate of drug-likeness (QED) is 0.0670. The van der Waals surface area contributed by atoms with Crippen molar-refractivity contribution in [3.05, 3.63) is 115 Å². The number of rotatable bonds is 24. The van der Waals surface area contributed by atoms with Crippen LogP contribution in [0, 0.1) is 0 Å². The number of aliphatic carboxylic acids is 4. The topological polar surface area (TPSA) is 314 Å². The van der Waals surface area contributed by atoms with Crippen LogP contribution in [-0.2, 0) is 44.9 Å². The summed E-state index contributed by atoms with van der Waals surface area (Å²) in [6, 6.07) is 6.33. The number of fused-ring (bicyclic) bond motifs is 8. The first-order valence-corrected chi connectivity index (χ1v) is 25.3. The lowest BCUT2D eigenvalue weighted by molar-refractivity contribution is -0.308. The molecule has 1 aliphatic rings. The fourth-order valence-electron chi connectivity index (χ4n) is 8.33. The monoisotopic (exact) mass is 1050 g/mol. The Morgan fingerprint density at radius 3 is 0.645 bits per heavy atom. The lowest BCUT2D eigenvalue weighted by Crippen LogP contribution is -2.46. The van der Waals surface area contributed by atoms with Gasteiger partial charge in [0.2, 0.25) is 0 Å². The first-order chi connectivity index (χ1) is 36.1. The predicted octanol–water partition coefficient (Wildman–Crippen LogP) is 0.991. The number of nitrogens with one attached hydrogen (secondary N) is 4. The molecule has 4 aromatic carbocycles. The van der Waals surface area contributed by atoms with Gasteiger partial charge in [0.1, 0.15) is 23.0 Å². The van der Waals surface area contributed by atoms with E-state index in [1.165, 1.54) is 76.2 Å². The molecule has 0 aliphatic heterocycles. The van der Waals surface area contributed by atoms with Gasteiger partial charge in [-0.3, -0.25) is 19.2 Å². The lowest BCUT2D eigenvalue weighted by Gasteiger charge is -2.25. The van der Waals surface area contributed by atoms with E-state index in [1.807, 2.05) is 27.7 Å². The van der Waals surface area contributed by atoms with Crippen molar-refractivity contribution in [3.8, 4) is 23.0 Å². The molecule has 0 saturated heterocycles. The van der Waals surface area contributed by atoms with Crippen molar-refractivity contribution in [1.82, 2.24) is 21.3 Å². The van der Waals surface area contributed by atoms with Crippen LogP contribution in [0.4, 0.5) is 0 Å². The van der Waals surface area contributed by atoms with Crippen LogP contribution in [0.5, 0.6) is 23.0 Å². The first kappa shape index (κ1) is 58.7. The Morgan fingerprint density at radius 1 is 0.355 bits per heavy atom. The van der Waals surface area contributed by atoms with Gasteiger partial charge in [-0.15, -0.1) is 0 Å². The van der Waals surface area contributed by atoms with E-state index in [-0.39, 0.29) is 97.4 Å². The Kier molecular flexibility index (Phi) is 20.8. The molecule has 20 nitrogen and oxygen atoms in total. The van der Waals surface area contributed by atoms with Crippen molar-refractivity contribution in [2.75, 3.05) is 26.4 Å². The van der Waals surface area contributed by atoms with E-state index in [9.17, 15) is 58.8 Å². The Bertz CT molecular complexity index is 2390. The van der Waals surface area contributed by atoms with Gasteiger partial charge in [0.25, 0.3) is 23.6 Å². The molecule has 4 aromatic rings. The van der Waals surface area contributed by atoms with Crippen LogP contribution in [0.15, 0.2) is 48.5 Å². The maximum atomic E-state index is 14.2. The summed E-state index contributed by atoms with van der Waals surface area (Å²) in [6.45, 7) is 13.1. The zero-order chi connectivity index (χ0) is 56.0. The molecule has 408 valence electrons. The second-order valence-corrected chi connectivity index (χ2v) is 18.7. The number of hydrogen-bond acceptors (Lipinski definition) is 16. The third kappa shape index (κ3) is 15.0. The minimum absolute atomic E-state index is 0.0181.